The van der Waals surface area contributed by atoms with E-state index in [1.54, 1.807) is 0 Å². The van der Waals surface area contributed by atoms with E-state index >= 15 is 0 Å². The lowest BCUT2D eigenvalue weighted by atomic mass is 9.78. The van der Waals surface area contributed by atoms with Gasteiger partial charge in [-0.15, -0.1) is 0 Å². The van der Waals surface area contributed by atoms with Crippen LogP contribution in [0, 0.1) is 5.92 Å². The van der Waals surface area contributed by atoms with Gasteiger partial charge >= 0.3 is 0 Å². The van der Waals surface area contributed by atoms with Crippen LogP contribution in [0.15, 0.2) is 24.3 Å². The molecular formula is C16H27N. The Labute approximate surface area is 106 Å². The van der Waals surface area contributed by atoms with Crippen LogP contribution in [0.2, 0.25) is 0 Å². The lowest BCUT2D eigenvalue weighted by Crippen LogP contribution is -2.31. The van der Waals surface area contributed by atoms with Crippen molar-refractivity contribution in [2.24, 2.45) is 11.7 Å². The molecule has 0 spiro atoms. The average molecular weight is 233 g/mol. The first kappa shape index (κ1) is 14.2. The van der Waals surface area contributed by atoms with Gasteiger partial charge in [-0.3, -0.25) is 0 Å². The SMILES string of the molecule is CCCC(C)(CN)c1ccc(CC(C)C)cc1. The number of hydrogen-bond donors (Lipinski definition) is 1. The van der Waals surface area contributed by atoms with E-state index in [1.807, 2.05) is 0 Å². The van der Waals surface area contributed by atoms with E-state index in [4.69, 9.17) is 5.73 Å². The lowest BCUT2D eigenvalue weighted by Gasteiger charge is -2.28. The summed E-state index contributed by atoms with van der Waals surface area (Å²) in [6.07, 6.45) is 3.50. The summed E-state index contributed by atoms with van der Waals surface area (Å²) in [5.41, 5.74) is 8.90. The van der Waals surface area contributed by atoms with Crippen molar-refractivity contribution in [1.82, 2.24) is 0 Å². The molecule has 2 N–H and O–H groups in total. The van der Waals surface area contributed by atoms with Gasteiger partial charge in [-0.1, -0.05) is 58.4 Å². The molecule has 1 aromatic carbocycles. The van der Waals surface area contributed by atoms with Crippen LogP contribution in [-0.4, -0.2) is 6.54 Å². The van der Waals surface area contributed by atoms with Crippen molar-refractivity contribution in [2.45, 2.75) is 52.4 Å². The minimum absolute atomic E-state index is 0.144. The molecule has 0 aliphatic carbocycles. The molecule has 96 valence electrons. The molecule has 0 aromatic heterocycles. The van der Waals surface area contributed by atoms with Crippen LogP contribution in [-0.2, 0) is 11.8 Å². The van der Waals surface area contributed by atoms with Crippen molar-refractivity contribution >= 4 is 0 Å². The van der Waals surface area contributed by atoms with Gasteiger partial charge in [0.1, 0.15) is 0 Å². The zero-order chi connectivity index (χ0) is 12.9. The highest BCUT2D eigenvalue weighted by Gasteiger charge is 2.23. The molecule has 1 nitrogen and oxygen atoms in total. The Hall–Kier alpha value is -0.820. The van der Waals surface area contributed by atoms with Gasteiger partial charge in [-0.25, -0.2) is 0 Å². The van der Waals surface area contributed by atoms with E-state index in [0.29, 0.717) is 0 Å². The van der Waals surface area contributed by atoms with Gasteiger partial charge in [0.05, 0.1) is 0 Å². The Kier molecular flexibility index (Phi) is 5.20. The van der Waals surface area contributed by atoms with Gasteiger partial charge < -0.3 is 5.73 Å². The zero-order valence-electron chi connectivity index (χ0n) is 11.8. The first-order valence-electron chi connectivity index (χ1n) is 6.81. The molecule has 0 aliphatic rings. The maximum atomic E-state index is 5.94. The second-order valence-corrected chi connectivity index (χ2v) is 5.81. The van der Waals surface area contributed by atoms with E-state index in [0.717, 1.165) is 25.3 Å². The first-order chi connectivity index (χ1) is 8.01. The van der Waals surface area contributed by atoms with Crippen LogP contribution in [0.3, 0.4) is 0 Å². The molecule has 1 heteroatoms. The van der Waals surface area contributed by atoms with Crippen molar-refractivity contribution < 1.29 is 0 Å². The molecule has 1 unspecified atom stereocenters. The molecule has 1 rings (SSSR count). The lowest BCUT2D eigenvalue weighted by molar-refractivity contribution is 0.439. The molecule has 0 fully saturated rings. The van der Waals surface area contributed by atoms with Gasteiger partial charge in [0, 0.05) is 12.0 Å². The van der Waals surface area contributed by atoms with Crippen molar-refractivity contribution in [3.63, 3.8) is 0 Å². The third-order valence-electron chi connectivity index (χ3n) is 3.55. The summed E-state index contributed by atoms with van der Waals surface area (Å²) >= 11 is 0. The monoisotopic (exact) mass is 233 g/mol. The average Bonchev–Trinajstić information content (AvgIpc) is 2.29. The predicted octanol–water partition coefficient (Wildman–Crippen LogP) is 3.90. The number of rotatable bonds is 6. The summed E-state index contributed by atoms with van der Waals surface area (Å²) in [4.78, 5) is 0. The summed E-state index contributed by atoms with van der Waals surface area (Å²) < 4.78 is 0. The molecule has 0 radical (unpaired) electrons. The highest BCUT2D eigenvalue weighted by Crippen LogP contribution is 2.28. The molecule has 0 saturated heterocycles. The molecule has 0 aliphatic heterocycles. The van der Waals surface area contributed by atoms with E-state index in [9.17, 15) is 0 Å². The third-order valence-corrected chi connectivity index (χ3v) is 3.55. The number of hydrogen-bond acceptors (Lipinski definition) is 1. The van der Waals surface area contributed by atoms with Crippen molar-refractivity contribution in [3.05, 3.63) is 35.4 Å². The summed E-state index contributed by atoms with van der Waals surface area (Å²) in [6, 6.07) is 9.05. The maximum Gasteiger partial charge on any atom is 0.00472 e. The van der Waals surface area contributed by atoms with Crippen LogP contribution in [0.25, 0.3) is 0 Å². The van der Waals surface area contributed by atoms with E-state index in [-0.39, 0.29) is 5.41 Å². The molecule has 17 heavy (non-hydrogen) atoms. The minimum atomic E-state index is 0.144. The topological polar surface area (TPSA) is 26.0 Å². The molecule has 1 atom stereocenters. The molecule has 0 amide bonds. The van der Waals surface area contributed by atoms with Gasteiger partial charge in [-0.05, 0) is 29.9 Å². The summed E-state index contributed by atoms with van der Waals surface area (Å²) in [5.74, 6) is 0.720. The van der Waals surface area contributed by atoms with Crippen LogP contribution in [0.4, 0.5) is 0 Å². The Bertz CT molecular complexity index is 326. The fourth-order valence-electron chi connectivity index (χ4n) is 2.43. The van der Waals surface area contributed by atoms with Gasteiger partial charge in [0.15, 0.2) is 0 Å². The standard InChI is InChI=1S/C16H27N/c1-5-10-16(4,12-17)15-8-6-14(7-9-15)11-13(2)3/h6-9,13H,5,10-12,17H2,1-4H3. The van der Waals surface area contributed by atoms with E-state index in [1.165, 1.54) is 17.5 Å². The normalized spacial score (nSPS) is 14.9. The number of benzene rings is 1. The van der Waals surface area contributed by atoms with Gasteiger partial charge in [0.25, 0.3) is 0 Å². The second-order valence-electron chi connectivity index (χ2n) is 5.81. The van der Waals surface area contributed by atoms with Crippen LogP contribution < -0.4 is 5.73 Å². The quantitative estimate of drug-likeness (QED) is 0.792. The van der Waals surface area contributed by atoms with Gasteiger partial charge in [0.2, 0.25) is 0 Å². The van der Waals surface area contributed by atoms with Crippen molar-refractivity contribution in [3.8, 4) is 0 Å². The fraction of sp³-hybridized carbons (Fsp3) is 0.625. The van der Waals surface area contributed by atoms with Crippen LogP contribution in [0.1, 0.15) is 51.7 Å². The smallest absolute Gasteiger partial charge is 0.00472 e. The highest BCUT2D eigenvalue weighted by molar-refractivity contribution is 5.29. The van der Waals surface area contributed by atoms with E-state index < -0.39 is 0 Å². The molecular weight excluding hydrogens is 206 g/mol. The summed E-state index contributed by atoms with van der Waals surface area (Å²) in [6.45, 7) is 9.74. The maximum absolute atomic E-state index is 5.94. The third kappa shape index (κ3) is 3.85. The molecule has 0 saturated carbocycles. The Morgan fingerprint density at radius 3 is 2.18 bits per heavy atom. The Balaban J connectivity index is 2.85. The molecule has 0 heterocycles. The zero-order valence-corrected chi connectivity index (χ0v) is 11.8. The summed E-state index contributed by atoms with van der Waals surface area (Å²) in [5, 5.41) is 0. The molecule has 1 aromatic rings. The van der Waals surface area contributed by atoms with Crippen LogP contribution in [0.5, 0.6) is 0 Å². The molecule has 0 bridgehead atoms. The summed E-state index contributed by atoms with van der Waals surface area (Å²) in [7, 11) is 0. The van der Waals surface area contributed by atoms with Crippen LogP contribution >= 0.6 is 0 Å². The van der Waals surface area contributed by atoms with Crippen molar-refractivity contribution in [2.75, 3.05) is 6.54 Å². The first-order valence-corrected chi connectivity index (χ1v) is 6.81. The number of nitrogens with two attached hydrogens (primary N) is 1. The Morgan fingerprint density at radius 2 is 1.76 bits per heavy atom. The second kappa shape index (κ2) is 6.20. The highest BCUT2D eigenvalue weighted by atomic mass is 14.6. The van der Waals surface area contributed by atoms with E-state index in [2.05, 4.69) is 52.0 Å². The van der Waals surface area contributed by atoms with Gasteiger partial charge in [-0.2, -0.15) is 0 Å². The Morgan fingerprint density at radius 1 is 1.18 bits per heavy atom. The fourth-order valence-corrected chi connectivity index (χ4v) is 2.43. The predicted molar refractivity (Wildman–Crippen MR) is 76.3 cm³/mol. The largest absolute Gasteiger partial charge is 0.330 e. The van der Waals surface area contributed by atoms with Crippen molar-refractivity contribution in [1.29, 1.82) is 0 Å². The minimum Gasteiger partial charge on any atom is -0.330 e.